The lowest BCUT2D eigenvalue weighted by Crippen LogP contribution is -2.55. The molecule has 2 aliphatic heterocycles. The summed E-state index contributed by atoms with van der Waals surface area (Å²) >= 11 is 0. The molecule has 2 aliphatic rings. The Morgan fingerprint density at radius 3 is 2.50 bits per heavy atom. The van der Waals surface area contributed by atoms with Gasteiger partial charge in [-0.25, -0.2) is 0 Å². The minimum Gasteiger partial charge on any atom is -0.378 e. The normalized spacial score (nSPS) is 30.4. The van der Waals surface area contributed by atoms with E-state index in [4.69, 9.17) is 9.47 Å². The molecule has 2 fully saturated rings. The van der Waals surface area contributed by atoms with Crippen molar-refractivity contribution in [1.82, 2.24) is 10.2 Å². The highest BCUT2D eigenvalue weighted by Gasteiger charge is 2.36. The minimum atomic E-state index is 0.200. The first-order chi connectivity index (χ1) is 9.29. The minimum absolute atomic E-state index is 0.200. The molecule has 2 rings (SSSR count). The third kappa shape index (κ3) is 4.17. The highest BCUT2D eigenvalue weighted by molar-refractivity contribution is 4.91. The smallest absolute Gasteiger partial charge is 0.0708 e. The highest BCUT2D eigenvalue weighted by atomic mass is 16.5. The number of rotatable bonds is 3. The van der Waals surface area contributed by atoms with Gasteiger partial charge in [-0.2, -0.15) is 0 Å². The van der Waals surface area contributed by atoms with Gasteiger partial charge in [0.05, 0.1) is 25.9 Å². The second kappa shape index (κ2) is 6.30. The van der Waals surface area contributed by atoms with E-state index < -0.39 is 0 Å². The van der Waals surface area contributed by atoms with E-state index in [-0.39, 0.29) is 11.0 Å². The van der Waals surface area contributed by atoms with Gasteiger partial charge < -0.3 is 14.8 Å². The summed E-state index contributed by atoms with van der Waals surface area (Å²) in [6.45, 7) is 17.1. The molecule has 0 aromatic rings. The fourth-order valence-electron chi connectivity index (χ4n) is 3.25. The standard InChI is InChI=1S/C16H32N2O2/c1-15(2,3)18-7-9-20-13(11-18)10-16(4,5)14-12-19-8-6-17-14/h13-14,17H,6-12H2,1-5H3. The molecule has 118 valence electrons. The van der Waals surface area contributed by atoms with Crippen LogP contribution in [0, 0.1) is 5.41 Å². The van der Waals surface area contributed by atoms with E-state index in [0.29, 0.717) is 12.1 Å². The van der Waals surface area contributed by atoms with Crippen LogP contribution in [0.5, 0.6) is 0 Å². The second-order valence-electron chi connectivity index (χ2n) is 7.88. The molecule has 0 amide bonds. The molecule has 0 radical (unpaired) electrons. The summed E-state index contributed by atoms with van der Waals surface area (Å²) in [5.74, 6) is 0. The Balaban J connectivity index is 1.91. The summed E-state index contributed by atoms with van der Waals surface area (Å²) in [4.78, 5) is 2.54. The molecule has 4 nitrogen and oxygen atoms in total. The summed E-state index contributed by atoms with van der Waals surface area (Å²) in [5, 5.41) is 3.60. The molecule has 0 spiro atoms. The van der Waals surface area contributed by atoms with Crippen molar-refractivity contribution >= 4 is 0 Å². The van der Waals surface area contributed by atoms with Gasteiger partial charge in [-0.3, -0.25) is 4.90 Å². The Hall–Kier alpha value is -0.160. The first-order valence-corrected chi connectivity index (χ1v) is 7.97. The summed E-state index contributed by atoms with van der Waals surface area (Å²) in [5.41, 5.74) is 0.435. The van der Waals surface area contributed by atoms with Gasteiger partial charge >= 0.3 is 0 Å². The van der Waals surface area contributed by atoms with E-state index in [9.17, 15) is 0 Å². The first kappa shape index (κ1) is 16.2. The van der Waals surface area contributed by atoms with Gasteiger partial charge in [0.1, 0.15) is 0 Å². The zero-order valence-corrected chi connectivity index (χ0v) is 13.9. The van der Waals surface area contributed by atoms with E-state index in [2.05, 4.69) is 44.8 Å². The quantitative estimate of drug-likeness (QED) is 0.858. The van der Waals surface area contributed by atoms with Crippen LogP contribution in [0.1, 0.15) is 41.0 Å². The molecule has 0 saturated carbocycles. The summed E-state index contributed by atoms with van der Waals surface area (Å²) in [7, 11) is 0. The Morgan fingerprint density at radius 2 is 1.90 bits per heavy atom. The van der Waals surface area contributed by atoms with E-state index in [1.165, 1.54) is 0 Å². The van der Waals surface area contributed by atoms with E-state index in [1.54, 1.807) is 0 Å². The van der Waals surface area contributed by atoms with Crippen molar-refractivity contribution in [1.29, 1.82) is 0 Å². The van der Waals surface area contributed by atoms with Gasteiger partial charge in [-0.15, -0.1) is 0 Å². The Morgan fingerprint density at radius 1 is 1.15 bits per heavy atom. The van der Waals surface area contributed by atoms with E-state index >= 15 is 0 Å². The van der Waals surface area contributed by atoms with Crippen molar-refractivity contribution < 1.29 is 9.47 Å². The lowest BCUT2D eigenvalue weighted by Gasteiger charge is -2.45. The Labute approximate surface area is 124 Å². The van der Waals surface area contributed by atoms with Crippen LogP contribution in [0.15, 0.2) is 0 Å². The van der Waals surface area contributed by atoms with Crippen LogP contribution in [0.4, 0.5) is 0 Å². The molecule has 1 N–H and O–H groups in total. The van der Waals surface area contributed by atoms with Crippen LogP contribution < -0.4 is 5.32 Å². The van der Waals surface area contributed by atoms with Crippen LogP contribution in [0.3, 0.4) is 0 Å². The molecule has 0 aromatic heterocycles. The van der Waals surface area contributed by atoms with Crippen molar-refractivity contribution in [2.75, 3.05) is 39.5 Å². The molecule has 2 unspecified atom stereocenters. The van der Waals surface area contributed by atoms with Gasteiger partial charge in [0.15, 0.2) is 0 Å². The average Bonchev–Trinajstić information content (AvgIpc) is 2.38. The molecule has 2 atom stereocenters. The number of nitrogens with one attached hydrogen (secondary N) is 1. The van der Waals surface area contributed by atoms with Crippen molar-refractivity contribution in [2.45, 2.75) is 58.7 Å². The van der Waals surface area contributed by atoms with Crippen LogP contribution in [-0.2, 0) is 9.47 Å². The lowest BCUT2D eigenvalue weighted by atomic mass is 9.78. The Kier molecular flexibility index (Phi) is 5.11. The Bertz CT molecular complexity index is 306. The van der Waals surface area contributed by atoms with Gasteiger partial charge in [0, 0.05) is 31.2 Å². The molecule has 2 heterocycles. The largest absolute Gasteiger partial charge is 0.378 e. The van der Waals surface area contributed by atoms with E-state index in [0.717, 1.165) is 45.9 Å². The zero-order valence-electron chi connectivity index (χ0n) is 13.9. The third-order valence-corrected chi connectivity index (χ3v) is 4.71. The molecular formula is C16H32N2O2. The van der Waals surface area contributed by atoms with Crippen molar-refractivity contribution in [3.63, 3.8) is 0 Å². The number of ether oxygens (including phenoxy) is 2. The average molecular weight is 284 g/mol. The summed E-state index contributed by atoms with van der Waals surface area (Å²) < 4.78 is 11.6. The molecule has 4 heteroatoms. The lowest BCUT2D eigenvalue weighted by molar-refractivity contribution is -0.0811. The first-order valence-electron chi connectivity index (χ1n) is 7.97. The highest BCUT2D eigenvalue weighted by Crippen LogP contribution is 2.31. The van der Waals surface area contributed by atoms with Crippen LogP contribution >= 0.6 is 0 Å². The van der Waals surface area contributed by atoms with Crippen molar-refractivity contribution in [3.05, 3.63) is 0 Å². The summed E-state index contributed by atoms with van der Waals surface area (Å²) in [6.07, 6.45) is 1.42. The number of hydrogen-bond donors (Lipinski definition) is 1. The molecule has 20 heavy (non-hydrogen) atoms. The van der Waals surface area contributed by atoms with Crippen molar-refractivity contribution in [3.8, 4) is 0 Å². The maximum absolute atomic E-state index is 6.02. The van der Waals surface area contributed by atoms with Crippen molar-refractivity contribution in [2.24, 2.45) is 5.41 Å². The molecule has 0 aliphatic carbocycles. The summed E-state index contributed by atoms with van der Waals surface area (Å²) in [6, 6.07) is 0.435. The van der Waals surface area contributed by atoms with Gasteiger partial charge in [-0.05, 0) is 32.6 Å². The second-order valence-corrected chi connectivity index (χ2v) is 7.88. The SMILES string of the molecule is CC(C)(CC1CN(C(C)(C)C)CCO1)C1COCCN1. The molecular weight excluding hydrogens is 252 g/mol. The molecule has 0 bridgehead atoms. The predicted molar refractivity (Wildman–Crippen MR) is 82.1 cm³/mol. The molecule has 0 aromatic carbocycles. The maximum Gasteiger partial charge on any atom is 0.0708 e. The third-order valence-electron chi connectivity index (χ3n) is 4.71. The number of morpholine rings is 2. The fourth-order valence-corrected chi connectivity index (χ4v) is 3.25. The topological polar surface area (TPSA) is 33.7 Å². The zero-order chi connectivity index (χ0) is 14.8. The molecule has 2 saturated heterocycles. The maximum atomic E-state index is 6.02. The number of nitrogens with zero attached hydrogens (tertiary/aromatic N) is 1. The van der Waals surface area contributed by atoms with Gasteiger partial charge in [-0.1, -0.05) is 13.8 Å². The van der Waals surface area contributed by atoms with Gasteiger partial charge in [0.2, 0.25) is 0 Å². The van der Waals surface area contributed by atoms with E-state index in [1.807, 2.05) is 0 Å². The van der Waals surface area contributed by atoms with Crippen LogP contribution in [0.25, 0.3) is 0 Å². The van der Waals surface area contributed by atoms with Crippen LogP contribution in [-0.4, -0.2) is 62.0 Å². The van der Waals surface area contributed by atoms with Gasteiger partial charge in [0.25, 0.3) is 0 Å². The monoisotopic (exact) mass is 284 g/mol. The van der Waals surface area contributed by atoms with Crippen LogP contribution in [0.2, 0.25) is 0 Å². The number of hydrogen-bond acceptors (Lipinski definition) is 4. The predicted octanol–water partition coefficient (Wildman–Crippen LogP) is 1.89. The fraction of sp³-hybridized carbons (Fsp3) is 1.00.